The largest absolute Gasteiger partial charge is 0.393 e. The predicted molar refractivity (Wildman–Crippen MR) is 75.2 cm³/mol. The van der Waals surface area contributed by atoms with Gasteiger partial charge in [0.1, 0.15) is 0 Å². The third kappa shape index (κ3) is 3.23. The molecule has 2 heterocycles. The molecule has 0 bridgehead atoms. The topological polar surface area (TPSA) is 91.4 Å². The SMILES string of the molecule is CC(O)C1CCN(c2nc(N)nc(N(C)C)n2)CC1. The fourth-order valence-electron chi connectivity index (χ4n) is 2.29. The van der Waals surface area contributed by atoms with E-state index in [-0.39, 0.29) is 12.1 Å². The summed E-state index contributed by atoms with van der Waals surface area (Å²) >= 11 is 0. The number of piperidine rings is 1. The number of anilines is 3. The lowest BCUT2D eigenvalue weighted by atomic mass is 9.92. The van der Waals surface area contributed by atoms with Crippen LogP contribution in [0.3, 0.4) is 0 Å². The molecule has 1 fully saturated rings. The van der Waals surface area contributed by atoms with Crippen LogP contribution in [-0.4, -0.2) is 53.3 Å². The van der Waals surface area contributed by atoms with Crippen molar-refractivity contribution in [3.05, 3.63) is 0 Å². The van der Waals surface area contributed by atoms with Gasteiger partial charge in [0, 0.05) is 27.2 Å². The number of hydrogen-bond donors (Lipinski definition) is 2. The van der Waals surface area contributed by atoms with Crippen LogP contribution in [0.15, 0.2) is 0 Å². The molecule has 19 heavy (non-hydrogen) atoms. The molecule has 7 nitrogen and oxygen atoms in total. The van der Waals surface area contributed by atoms with Gasteiger partial charge in [0.2, 0.25) is 17.8 Å². The first-order valence-corrected chi connectivity index (χ1v) is 6.59. The number of aliphatic hydroxyl groups excluding tert-OH is 1. The van der Waals surface area contributed by atoms with Crippen molar-refractivity contribution in [1.82, 2.24) is 15.0 Å². The van der Waals surface area contributed by atoms with Gasteiger partial charge < -0.3 is 20.6 Å². The maximum absolute atomic E-state index is 9.61. The summed E-state index contributed by atoms with van der Waals surface area (Å²) in [4.78, 5) is 16.6. The zero-order chi connectivity index (χ0) is 14.0. The second-order valence-electron chi connectivity index (χ2n) is 5.25. The molecule has 0 radical (unpaired) electrons. The van der Waals surface area contributed by atoms with E-state index in [9.17, 15) is 5.11 Å². The monoisotopic (exact) mass is 266 g/mol. The van der Waals surface area contributed by atoms with E-state index in [1.807, 2.05) is 25.9 Å². The Hall–Kier alpha value is -1.63. The van der Waals surface area contributed by atoms with Gasteiger partial charge in [0.15, 0.2) is 0 Å². The molecule has 1 aromatic heterocycles. The zero-order valence-electron chi connectivity index (χ0n) is 11.7. The Morgan fingerprint density at radius 1 is 1.26 bits per heavy atom. The minimum Gasteiger partial charge on any atom is -0.393 e. The molecule has 1 saturated heterocycles. The summed E-state index contributed by atoms with van der Waals surface area (Å²) in [6, 6.07) is 0. The Kier molecular flexibility index (Phi) is 4.04. The van der Waals surface area contributed by atoms with Crippen LogP contribution in [-0.2, 0) is 0 Å². The van der Waals surface area contributed by atoms with Crippen LogP contribution in [0, 0.1) is 5.92 Å². The second-order valence-corrected chi connectivity index (χ2v) is 5.25. The normalized spacial score (nSPS) is 18.4. The van der Waals surface area contributed by atoms with Crippen LogP contribution in [0.1, 0.15) is 19.8 Å². The average Bonchev–Trinajstić information content (AvgIpc) is 2.38. The van der Waals surface area contributed by atoms with Crippen molar-refractivity contribution >= 4 is 17.8 Å². The Labute approximate surface area is 113 Å². The Bertz CT molecular complexity index is 428. The fourth-order valence-corrected chi connectivity index (χ4v) is 2.29. The number of nitrogens with zero attached hydrogens (tertiary/aromatic N) is 5. The molecule has 0 spiro atoms. The molecular formula is C12H22N6O. The minimum absolute atomic E-state index is 0.242. The lowest BCUT2D eigenvalue weighted by molar-refractivity contribution is 0.109. The standard InChI is InChI=1S/C12H22N6O/c1-8(19)9-4-6-18(7-5-9)12-15-10(13)14-11(16-12)17(2)3/h8-9,19H,4-7H2,1-3H3,(H2,13,14,15,16). The Morgan fingerprint density at radius 3 is 2.42 bits per heavy atom. The van der Waals surface area contributed by atoms with Crippen molar-refractivity contribution < 1.29 is 5.11 Å². The lowest BCUT2D eigenvalue weighted by Gasteiger charge is -2.33. The molecule has 3 N–H and O–H groups in total. The highest BCUT2D eigenvalue weighted by atomic mass is 16.3. The van der Waals surface area contributed by atoms with Crippen molar-refractivity contribution in [2.24, 2.45) is 5.92 Å². The van der Waals surface area contributed by atoms with E-state index < -0.39 is 0 Å². The van der Waals surface area contributed by atoms with Crippen molar-refractivity contribution in [3.63, 3.8) is 0 Å². The maximum atomic E-state index is 9.61. The molecule has 0 saturated carbocycles. The first kappa shape index (κ1) is 13.8. The third-order valence-electron chi connectivity index (χ3n) is 3.53. The smallest absolute Gasteiger partial charge is 0.231 e. The van der Waals surface area contributed by atoms with E-state index in [1.54, 1.807) is 0 Å². The van der Waals surface area contributed by atoms with E-state index in [0.29, 0.717) is 17.8 Å². The number of hydrogen-bond acceptors (Lipinski definition) is 7. The lowest BCUT2D eigenvalue weighted by Crippen LogP contribution is -2.38. The van der Waals surface area contributed by atoms with Gasteiger partial charge in [-0.2, -0.15) is 15.0 Å². The van der Waals surface area contributed by atoms with Crippen LogP contribution >= 0.6 is 0 Å². The molecule has 2 rings (SSSR count). The van der Waals surface area contributed by atoms with Gasteiger partial charge in [-0.15, -0.1) is 0 Å². The van der Waals surface area contributed by atoms with Crippen molar-refractivity contribution in [2.75, 3.05) is 42.7 Å². The van der Waals surface area contributed by atoms with Crippen LogP contribution in [0.4, 0.5) is 17.8 Å². The van der Waals surface area contributed by atoms with E-state index >= 15 is 0 Å². The highest BCUT2D eigenvalue weighted by molar-refractivity contribution is 5.42. The fraction of sp³-hybridized carbons (Fsp3) is 0.750. The highest BCUT2D eigenvalue weighted by Gasteiger charge is 2.24. The van der Waals surface area contributed by atoms with Crippen molar-refractivity contribution in [2.45, 2.75) is 25.9 Å². The van der Waals surface area contributed by atoms with Crippen LogP contribution in [0.2, 0.25) is 0 Å². The molecule has 1 atom stereocenters. The minimum atomic E-state index is -0.247. The Balaban J connectivity index is 2.11. The van der Waals surface area contributed by atoms with Gasteiger partial charge in [-0.05, 0) is 25.7 Å². The summed E-state index contributed by atoms with van der Waals surface area (Å²) in [7, 11) is 3.75. The summed E-state index contributed by atoms with van der Waals surface area (Å²) in [6.07, 6.45) is 1.64. The molecular weight excluding hydrogens is 244 g/mol. The molecule has 1 aromatic rings. The first-order chi connectivity index (χ1) is 8.97. The molecule has 106 valence electrons. The molecule has 1 unspecified atom stereocenters. The van der Waals surface area contributed by atoms with Crippen molar-refractivity contribution in [3.8, 4) is 0 Å². The van der Waals surface area contributed by atoms with E-state index in [0.717, 1.165) is 25.9 Å². The highest BCUT2D eigenvalue weighted by Crippen LogP contribution is 2.24. The molecule has 1 aliphatic rings. The number of nitrogen functional groups attached to an aromatic ring is 1. The molecule has 0 aromatic carbocycles. The zero-order valence-corrected chi connectivity index (χ0v) is 11.7. The van der Waals surface area contributed by atoms with E-state index in [1.165, 1.54) is 0 Å². The Morgan fingerprint density at radius 2 is 1.89 bits per heavy atom. The maximum Gasteiger partial charge on any atom is 0.231 e. The van der Waals surface area contributed by atoms with Crippen LogP contribution < -0.4 is 15.5 Å². The summed E-state index contributed by atoms with van der Waals surface area (Å²) in [6.45, 7) is 3.53. The third-order valence-corrected chi connectivity index (χ3v) is 3.53. The first-order valence-electron chi connectivity index (χ1n) is 6.59. The molecule has 0 aliphatic carbocycles. The summed E-state index contributed by atoms with van der Waals surface area (Å²) < 4.78 is 0. The van der Waals surface area contributed by atoms with Gasteiger partial charge in [-0.1, -0.05) is 0 Å². The molecule has 7 heteroatoms. The summed E-state index contributed by atoms with van der Waals surface area (Å²) in [5, 5.41) is 9.61. The van der Waals surface area contributed by atoms with E-state index in [2.05, 4.69) is 19.9 Å². The van der Waals surface area contributed by atoms with Crippen molar-refractivity contribution in [1.29, 1.82) is 0 Å². The van der Waals surface area contributed by atoms with Crippen LogP contribution in [0.5, 0.6) is 0 Å². The van der Waals surface area contributed by atoms with Gasteiger partial charge in [0.05, 0.1) is 6.10 Å². The van der Waals surface area contributed by atoms with Gasteiger partial charge in [-0.25, -0.2) is 0 Å². The molecule has 1 aliphatic heterocycles. The van der Waals surface area contributed by atoms with E-state index in [4.69, 9.17) is 5.73 Å². The number of rotatable bonds is 3. The van der Waals surface area contributed by atoms with Gasteiger partial charge >= 0.3 is 0 Å². The quantitative estimate of drug-likeness (QED) is 0.802. The second kappa shape index (κ2) is 5.56. The predicted octanol–water partition coefficient (Wildman–Crippen LogP) is 0.117. The van der Waals surface area contributed by atoms with Gasteiger partial charge in [-0.3, -0.25) is 0 Å². The average molecular weight is 266 g/mol. The number of aliphatic hydroxyl groups is 1. The van der Waals surface area contributed by atoms with Crippen LogP contribution in [0.25, 0.3) is 0 Å². The number of nitrogens with two attached hydrogens (primary N) is 1. The summed E-state index contributed by atoms with van der Waals surface area (Å²) in [5.41, 5.74) is 5.72. The summed E-state index contributed by atoms with van der Waals surface area (Å²) in [5.74, 6) is 1.80. The number of aromatic nitrogens is 3. The molecule has 0 amide bonds. The van der Waals surface area contributed by atoms with Gasteiger partial charge in [0.25, 0.3) is 0 Å².